The van der Waals surface area contributed by atoms with Crippen LogP contribution in [0.3, 0.4) is 0 Å². The minimum atomic E-state index is -1.26. The molecule has 0 bridgehead atoms. The first-order valence-electron chi connectivity index (χ1n) is 13.4. The van der Waals surface area contributed by atoms with Crippen molar-refractivity contribution in [2.75, 3.05) is 19.7 Å². The largest absolute Gasteiger partial charge is 0.361 e. The number of carbonyl (C=O) groups excluding carboxylic acids is 2. The number of hydrogen-bond acceptors (Lipinski definition) is 7. The summed E-state index contributed by atoms with van der Waals surface area (Å²) in [6, 6.07) is 6.41. The highest BCUT2D eigenvalue weighted by Crippen LogP contribution is 2.26. The summed E-state index contributed by atoms with van der Waals surface area (Å²) in [7, 11) is -1.26. The molecule has 0 saturated carbocycles. The number of aryl methyl sites for hydroxylation is 1. The van der Waals surface area contributed by atoms with Crippen LogP contribution < -0.4 is 5.32 Å². The summed E-state index contributed by atoms with van der Waals surface area (Å²) >= 11 is 0. The molecule has 1 N–H and O–H groups in total. The van der Waals surface area contributed by atoms with Gasteiger partial charge in [0.15, 0.2) is 5.65 Å². The zero-order valence-electron chi connectivity index (χ0n) is 23.5. The predicted octanol–water partition coefficient (Wildman–Crippen LogP) is 3.47. The first-order chi connectivity index (χ1) is 19.0. The summed E-state index contributed by atoms with van der Waals surface area (Å²) in [6.07, 6.45) is 7.06. The van der Waals surface area contributed by atoms with E-state index in [4.69, 9.17) is 15.0 Å². The van der Waals surface area contributed by atoms with E-state index in [1.165, 1.54) is 0 Å². The second-order valence-corrected chi connectivity index (χ2v) is 17.3. The molecule has 208 valence electrons. The average molecular weight is 559 g/mol. The van der Waals surface area contributed by atoms with Crippen LogP contribution >= 0.6 is 0 Å². The average Bonchev–Trinajstić information content (AvgIpc) is 3.46. The Hall–Kier alpha value is -4.08. The number of nitrogens with one attached hydrogen (secondary N) is 1. The fraction of sp³-hybridized carbons (Fsp3) is 0.429. The lowest BCUT2D eigenvalue weighted by Crippen LogP contribution is -2.55. The second kappa shape index (κ2) is 10.8. The van der Waals surface area contributed by atoms with Gasteiger partial charge >= 0.3 is 0 Å². The number of imidazole rings is 1. The Balaban J connectivity index is 1.45. The maximum Gasteiger partial charge on any atom is 0.255 e. The maximum absolute atomic E-state index is 13.5. The van der Waals surface area contributed by atoms with Crippen molar-refractivity contribution in [1.29, 1.82) is 5.26 Å². The summed E-state index contributed by atoms with van der Waals surface area (Å²) in [6.45, 7) is 12.2. The number of likely N-dealkylation sites (tertiary alicyclic amines) is 1. The lowest BCUT2D eigenvalue weighted by atomic mass is 10.0. The van der Waals surface area contributed by atoms with Gasteiger partial charge in [-0.1, -0.05) is 25.7 Å². The number of carbonyl (C=O) groups is 2. The van der Waals surface area contributed by atoms with Gasteiger partial charge in [0.1, 0.15) is 36.0 Å². The van der Waals surface area contributed by atoms with Crippen molar-refractivity contribution in [2.45, 2.75) is 52.3 Å². The van der Waals surface area contributed by atoms with E-state index in [0.717, 1.165) is 17.1 Å². The molecule has 0 spiro atoms. The lowest BCUT2D eigenvalue weighted by molar-refractivity contribution is -0.137. The van der Waals surface area contributed by atoms with Crippen LogP contribution in [0.2, 0.25) is 25.7 Å². The molecule has 0 aliphatic carbocycles. The van der Waals surface area contributed by atoms with Crippen molar-refractivity contribution in [3.05, 3.63) is 48.2 Å². The molecule has 5 heterocycles. The highest BCUT2D eigenvalue weighted by atomic mass is 28.3. The van der Waals surface area contributed by atoms with Gasteiger partial charge in [-0.3, -0.25) is 9.59 Å². The van der Waals surface area contributed by atoms with Crippen molar-refractivity contribution in [2.24, 2.45) is 5.92 Å². The smallest absolute Gasteiger partial charge is 0.255 e. The summed E-state index contributed by atoms with van der Waals surface area (Å²) in [5, 5.41) is 11.8. The van der Waals surface area contributed by atoms with Crippen molar-refractivity contribution < 1.29 is 14.3 Å². The molecule has 1 aliphatic rings. The van der Waals surface area contributed by atoms with Crippen molar-refractivity contribution in [3.8, 4) is 17.5 Å². The Bertz CT molecular complexity index is 1620. The van der Waals surface area contributed by atoms with Gasteiger partial charge in [0, 0.05) is 40.2 Å². The lowest BCUT2D eigenvalue weighted by Gasteiger charge is -2.37. The molecule has 11 nitrogen and oxygen atoms in total. The van der Waals surface area contributed by atoms with Gasteiger partial charge in [-0.15, -0.1) is 0 Å². The number of fused-ring (bicyclic) bond motifs is 2. The normalized spacial score (nSPS) is 14.8. The van der Waals surface area contributed by atoms with Crippen LogP contribution in [0.4, 0.5) is 0 Å². The zero-order valence-corrected chi connectivity index (χ0v) is 24.5. The van der Waals surface area contributed by atoms with Crippen molar-refractivity contribution in [1.82, 2.24) is 34.1 Å². The summed E-state index contributed by atoms with van der Waals surface area (Å²) in [5.74, 6) is -0.798. The van der Waals surface area contributed by atoms with Crippen molar-refractivity contribution >= 4 is 36.6 Å². The molecule has 0 radical (unpaired) electrons. The molecule has 2 amide bonds. The van der Waals surface area contributed by atoms with Gasteiger partial charge in [0.2, 0.25) is 5.91 Å². The summed E-state index contributed by atoms with van der Waals surface area (Å²) in [5.41, 5.74) is 4.41. The summed E-state index contributed by atoms with van der Waals surface area (Å²) in [4.78, 5) is 41.9. The molecule has 1 fully saturated rings. The van der Waals surface area contributed by atoms with Crippen LogP contribution in [-0.4, -0.2) is 74.4 Å². The van der Waals surface area contributed by atoms with Crippen molar-refractivity contribution in [3.63, 3.8) is 0 Å². The van der Waals surface area contributed by atoms with E-state index in [-0.39, 0.29) is 18.6 Å². The fourth-order valence-electron chi connectivity index (χ4n) is 4.63. The number of hydrogen-bond donors (Lipinski definition) is 1. The molecular weight excluding hydrogens is 524 g/mol. The number of ether oxygens (including phenoxy) is 1. The van der Waals surface area contributed by atoms with Crippen LogP contribution in [0, 0.1) is 24.2 Å². The van der Waals surface area contributed by atoms with E-state index in [9.17, 15) is 9.59 Å². The second-order valence-electron chi connectivity index (χ2n) is 11.6. The van der Waals surface area contributed by atoms with Gasteiger partial charge < -0.3 is 23.9 Å². The Morgan fingerprint density at radius 3 is 2.73 bits per heavy atom. The molecule has 1 saturated heterocycles. The molecule has 0 unspecified atom stereocenters. The topological polar surface area (TPSA) is 130 Å². The number of aromatic nitrogens is 5. The third-order valence-corrected chi connectivity index (χ3v) is 8.76. The third-order valence-electron chi connectivity index (χ3n) is 7.05. The van der Waals surface area contributed by atoms with Crippen LogP contribution in [-0.2, 0) is 16.3 Å². The number of amides is 2. The van der Waals surface area contributed by atoms with E-state index >= 15 is 0 Å². The fourth-order valence-corrected chi connectivity index (χ4v) is 5.39. The van der Waals surface area contributed by atoms with Gasteiger partial charge in [-0.05, 0) is 31.5 Å². The Morgan fingerprint density at radius 2 is 2.00 bits per heavy atom. The van der Waals surface area contributed by atoms with E-state index in [2.05, 4.69) is 41.0 Å². The van der Waals surface area contributed by atoms with E-state index in [1.54, 1.807) is 35.1 Å². The highest BCUT2D eigenvalue weighted by Gasteiger charge is 2.34. The van der Waals surface area contributed by atoms with Crippen LogP contribution in [0.15, 0.2) is 37.1 Å². The number of rotatable bonds is 9. The quantitative estimate of drug-likeness (QED) is 0.246. The van der Waals surface area contributed by atoms with Crippen LogP contribution in [0.5, 0.6) is 0 Å². The molecule has 5 rings (SSSR count). The molecule has 40 heavy (non-hydrogen) atoms. The first-order valence-corrected chi connectivity index (χ1v) is 17.1. The van der Waals surface area contributed by atoms with E-state index in [0.29, 0.717) is 47.8 Å². The Labute approximate surface area is 233 Å². The standard InChI is InChI=1S/C28H34N8O3Si/c1-18-6-7-23-25(31-16-35(23)12-18)22-11-30-26-24(33-22)21(15-36(26)17-39-8-9-40(3,4)5)27(37)32-19(2)28(38)34-13-20(10-29)14-34/h6-7,11-12,15-16,19-20H,8-9,13-14,17H2,1-5H3,(H,32,37)/t19-/m1/s1. The molecule has 4 aromatic heterocycles. The van der Waals surface area contributed by atoms with E-state index in [1.807, 2.05) is 29.7 Å². The SMILES string of the molecule is Cc1ccc2c(-c3cnc4c(n3)c(C(=O)N[C@H](C)C(=O)N3CC(C#N)C3)cn4COCC[Si](C)(C)C)ncn2c1. The molecular formula is C28H34N8O3Si. The molecule has 4 aromatic rings. The monoisotopic (exact) mass is 558 g/mol. The number of pyridine rings is 1. The molecule has 1 aliphatic heterocycles. The van der Waals surface area contributed by atoms with Gasteiger partial charge in [0.25, 0.3) is 5.91 Å². The Morgan fingerprint density at radius 1 is 1.23 bits per heavy atom. The van der Waals surface area contributed by atoms with Gasteiger partial charge in [-0.2, -0.15) is 5.26 Å². The number of nitriles is 1. The predicted molar refractivity (Wildman–Crippen MR) is 153 cm³/mol. The Kier molecular flexibility index (Phi) is 7.44. The van der Waals surface area contributed by atoms with Crippen LogP contribution in [0.25, 0.3) is 28.1 Å². The first kappa shape index (κ1) is 27.5. The van der Waals surface area contributed by atoms with Crippen LogP contribution in [0.1, 0.15) is 22.8 Å². The summed E-state index contributed by atoms with van der Waals surface area (Å²) < 4.78 is 9.67. The minimum Gasteiger partial charge on any atom is -0.361 e. The number of nitrogens with zero attached hydrogens (tertiary/aromatic N) is 7. The zero-order chi connectivity index (χ0) is 28.6. The molecule has 0 aromatic carbocycles. The van der Waals surface area contributed by atoms with Gasteiger partial charge in [0.05, 0.1) is 29.3 Å². The van der Waals surface area contributed by atoms with Gasteiger partial charge in [-0.25, -0.2) is 15.0 Å². The highest BCUT2D eigenvalue weighted by molar-refractivity contribution is 6.76. The minimum absolute atomic E-state index is 0.151. The molecule has 12 heteroatoms. The third kappa shape index (κ3) is 5.61. The van der Waals surface area contributed by atoms with E-state index < -0.39 is 20.0 Å². The maximum atomic E-state index is 13.5. The molecule has 1 atom stereocenters.